The van der Waals surface area contributed by atoms with Crippen LogP contribution in [0.3, 0.4) is 0 Å². The highest BCUT2D eigenvalue weighted by atomic mass is 16.2. The van der Waals surface area contributed by atoms with Gasteiger partial charge in [0.25, 0.3) is 0 Å². The molecule has 2 amide bonds. The fourth-order valence-electron chi connectivity index (χ4n) is 3.86. The number of aryl methyl sites for hydroxylation is 1. The minimum atomic E-state index is -0.196. The maximum Gasteiger partial charge on any atom is 0.228 e. The van der Waals surface area contributed by atoms with E-state index in [0.29, 0.717) is 25.6 Å². The van der Waals surface area contributed by atoms with Crippen molar-refractivity contribution in [2.24, 2.45) is 5.92 Å². The van der Waals surface area contributed by atoms with Crippen LogP contribution in [0, 0.1) is 5.92 Å². The fourth-order valence-corrected chi connectivity index (χ4v) is 3.86. The van der Waals surface area contributed by atoms with E-state index in [1.807, 2.05) is 17.2 Å². The molecule has 1 unspecified atom stereocenters. The van der Waals surface area contributed by atoms with Crippen molar-refractivity contribution >= 4 is 11.8 Å². The molecular weight excluding hydrogens is 302 g/mol. The molecular formula is C19H27N3O2. The highest BCUT2D eigenvalue weighted by Gasteiger charge is 2.39. The molecule has 130 valence electrons. The van der Waals surface area contributed by atoms with Gasteiger partial charge in [0.05, 0.1) is 18.2 Å². The Kier molecular flexibility index (Phi) is 5.17. The van der Waals surface area contributed by atoms with Gasteiger partial charge in [-0.15, -0.1) is 0 Å². The Morgan fingerprint density at radius 3 is 2.71 bits per heavy atom. The van der Waals surface area contributed by atoms with Crippen molar-refractivity contribution in [3.05, 3.63) is 29.6 Å². The van der Waals surface area contributed by atoms with Crippen LogP contribution in [0.2, 0.25) is 0 Å². The van der Waals surface area contributed by atoms with Crippen LogP contribution >= 0.6 is 0 Å². The molecule has 0 N–H and O–H groups in total. The summed E-state index contributed by atoms with van der Waals surface area (Å²) in [6.07, 6.45) is 7.78. The van der Waals surface area contributed by atoms with Crippen LogP contribution in [-0.4, -0.2) is 46.2 Å². The summed E-state index contributed by atoms with van der Waals surface area (Å²) in [5.41, 5.74) is 2.08. The Morgan fingerprint density at radius 1 is 1.33 bits per heavy atom. The quantitative estimate of drug-likeness (QED) is 0.833. The lowest BCUT2D eigenvalue weighted by Crippen LogP contribution is -2.37. The van der Waals surface area contributed by atoms with E-state index >= 15 is 0 Å². The number of hydrogen-bond donors (Lipinski definition) is 0. The second kappa shape index (κ2) is 7.32. The zero-order valence-corrected chi connectivity index (χ0v) is 14.7. The lowest BCUT2D eigenvalue weighted by molar-refractivity contribution is -0.135. The molecule has 1 aliphatic carbocycles. The number of hydrogen-bond acceptors (Lipinski definition) is 3. The van der Waals surface area contributed by atoms with Crippen molar-refractivity contribution in [2.45, 2.75) is 58.0 Å². The second-order valence-corrected chi connectivity index (χ2v) is 7.09. The summed E-state index contributed by atoms with van der Waals surface area (Å²) >= 11 is 0. The van der Waals surface area contributed by atoms with Gasteiger partial charge in [0, 0.05) is 32.3 Å². The van der Waals surface area contributed by atoms with Crippen molar-refractivity contribution in [1.29, 1.82) is 0 Å². The number of amides is 2. The third-order valence-electron chi connectivity index (χ3n) is 5.34. The van der Waals surface area contributed by atoms with Gasteiger partial charge in [0.2, 0.25) is 11.8 Å². The van der Waals surface area contributed by atoms with Crippen molar-refractivity contribution in [1.82, 2.24) is 14.8 Å². The topological polar surface area (TPSA) is 53.5 Å². The summed E-state index contributed by atoms with van der Waals surface area (Å²) in [5, 5.41) is 0. The smallest absolute Gasteiger partial charge is 0.228 e. The number of carbonyl (C=O) groups excluding carboxylic acids is 2. The maximum atomic E-state index is 12.7. The van der Waals surface area contributed by atoms with Crippen LogP contribution in [0.25, 0.3) is 0 Å². The van der Waals surface area contributed by atoms with Crippen molar-refractivity contribution in [2.75, 3.05) is 13.6 Å². The van der Waals surface area contributed by atoms with Gasteiger partial charge < -0.3 is 9.80 Å². The summed E-state index contributed by atoms with van der Waals surface area (Å²) < 4.78 is 0. The van der Waals surface area contributed by atoms with Crippen LogP contribution in [0.1, 0.15) is 50.3 Å². The first-order valence-corrected chi connectivity index (χ1v) is 9.06. The summed E-state index contributed by atoms with van der Waals surface area (Å²) in [6, 6.07) is 4.40. The van der Waals surface area contributed by atoms with Crippen molar-refractivity contribution < 1.29 is 9.59 Å². The number of pyridine rings is 1. The molecule has 5 heteroatoms. The molecule has 1 aromatic rings. The fraction of sp³-hybridized carbons (Fsp3) is 0.632. The van der Waals surface area contributed by atoms with Crippen molar-refractivity contribution in [3.8, 4) is 0 Å². The van der Waals surface area contributed by atoms with Gasteiger partial charge in [-0.05, 0) is 30.9 Å². The molecule has 2 heterocycles. The van der Waals surface area contributed by atoms with E-state index in [-0.39, 0.29) is 17.7 Å². The van der Waals surface area contributed by atoms with E-state index in [2.05, 4.69) is 18.0 Å². The van der Waals surface area contributed by atoms with Gasteiger partial charge in [-0.3, -0.25) is 14.6 Å². The molecule has 0 spiro atoms. The minimum Gasteiger partial charge on any atom is -0.340 e. The maximum absolute atomic E-state index is 12.7. The van der Waals surface area contributed by atoms with E-state index in [0.717, 1.165) is 25.0 Å². The first-order chi connectivity index (χ1) is 11.6. The molecule has 2 aliphatic rings. The molecule has 5 nitrogen and oxygen atoms in total. The largest absolute Gasteiger partial charge is 0.340 e. The third-order valence-corrected chi connectivity index (χ3v) is 5.34. The highest BCUT2D eigenvalue weighted by Crippen LogP contribution is 2.30. The van der Waals surface area contributed by atoms with E-state index in [9.17, 15) is 9.59 Å². The first kappa shape index (κ1) is 16.9. The summed E-state index contributed by atoms with van der Waals surface area (Å²) in [4.78, 5) is 33.1. The van der Waals surface area contributed by atoms with Crippen LogP contribution < -0.4 is 0 Å². The molecule has 1 atom stereocenters. The summed E-state index contributed by atoms with van der Waals surface area (Å²) in [7, 11) is 1.81. The SMILES string of the molecule is CCc1ccc(CN(C)C(=O)C2CC(=O)N(C3CCCC3)C2)nc1. The highest BCUT2D eigenvalue weighted by molar-refractivity contribution is 5.89. The Morgan fingerprint density at radius 2 is 2.08 bits per heavy atom. The third kappa shape index (κ3) is 3.60. The van der Waals surface area contributed by atoms with Crippen LogP contribution in [0.4, 0.5) is 0 Å². The van der Waals surface area contributed by atoms with Crippen LogP contribution in [-0.2, 0) is 22.6 Å². The van der Waals surface area contributed by atoms with Gasteiger partial charge in [0.1, 0.15) is 0 Å². The monoisotopic (exact) mass is 329 g/mol. The molecule has 0 radical (unpaired) electrons. The Balaban J connectivity index is 1.58. The zero-order chi connectivity index (χ0) is 17.1. The zero-order valence-electron chi connectivity index (χ0n) is 14.7. The Hall–Kier alpha value is -1.91. The lowest BCUT2D eigenvalue weighted by atomic mass is 10.1. The molecule has 1 aromatic heterocycles. The number of carbonyl (C=O) groups is 2. The van der Waals surface area contributed by atoms with Gasteiger partial charge in [-0.2, -0.15) is 0 Å². The van der Waals surface area contributed by atoms with E-state index < -0.39 is 0 Å². The summed E-state index contributed by atoms with van der Waals surface area (Å²) in [6.45, 7) is 3.19. The number of nitrogens with zero attached hydrogens (tertiary/aromatic N) is 3. The predicted molar refractivity (Wildman–Crippen MR) is 92.2 cm³/mol. The van der Waals surface area contributed by atoms with E-state index in [1.54, 1.807) is 11.9 Å². The average Bonchev–Trinajstić information content (AvgIpc) is 3.24. The van der Waals surface area contributed by atoms with Gasteiger partial charge in [-0.1, -0.05) is 25.8 Å². The van der Waals surface area contributed by atoms with Gasteiger partial charge >= 0.3 is 0 Å². The second-order valence-electron chi connectivity index (χ2n) is 7.09. The summed E-state index contributed by atoms with van der Waals surface area (Å²) in [5.74, 6) is 0.0160. The molecule has 1 saturated heterocycles. The van der Waals surface area contributed by atoms with E-state index in [1.165, 1.54) is 18.4 Å². The van der Waals surface area contributed by atoms with Gasteiger partial charge in [0.15, 0.2) is 0 Å². The standard InChI is InChI=1S/C19H27N3O2/c1-3-14-8-9-16(20-11-14)13-21(2)19(24)15-10-18(23)22(12-15)17-6-4-5-7-17/h8-9,11,15,17H,3-7,10,12-13H2,1-2H3. The van der Waals surface area contributed by atoms with Crippen molar-refractivity contribution in [3.63, 3.8) is 0 Å². The van der Waals surface area contributed by atoms with Crippen LogP contribution in [0.15, 0.2) is 18.3 Å². The molecule has 3 rings (SSSR count). The normalized spacial score (nSPS) is 21.5. The lowest BCUT2D eigenvalue weighted by Gasteiger charge is -2.25. The number of likely N-dealkylation sites (tertiary alicyclic amines) is 1. The Bertz CT molecular complexity index is 593. The minimum absolute atomic E-state index is 0.0604. The molecule has 2 fully saturated rings. The average molecular weight is 329 g/mol. The molecule has 24 heavy (non-hydrogen) atoms. The molecule has 0 aromatic carbocycles. The Labute approximate surface area is 144 Å². The van der Waals surface area contributed by atoms with Gasteiger partial charge in [-0.25, -0.2) is 0 Å². The molecule has 1 saturated carbocycles. The predicted octanol–water partition coefficient (Wildman–Crippen LogP) is 2.39. The number of aromatic nitrogens is 1. The first-order valence-electron chi connectivity index (χ1n) is 9.06. The number of rotatable bonds is 5. The molecule has 1 aliphatic heterocycles. The van der Waals surface area contributed by atoms with E-state index in [4.69, 9.17) is 0 Å². The van der Waals surface area contributed by atoms with Crippen LogP contribution in [0.5, 0.6) is 0 Å². The molecule has 0 bridgehead atoms.